The first kappa shape index (κ1) is 11.9. The molecule has 0 radical (unpaired) electrons. The average molecular weight is 241 g/mol. The van der Waals surface area contributed by atoms with Gasteiger partial charge in [0.1, 0.15) is 11.9 Å². The predicted molar refractivity (Wildman–Crippen MR) is 70.0 cm³/mol. The van der Waals surface area contributed by atoms with Gasteiger partial charge in [0.25, 0.3) is 0 Å². The molecule has 0 aliphatic rings. The monoisotopic (exact) mass is 241 g/mol. The minimum Gasteiger partial charge on any atom is -0.399 e. The number of nitrogens with zero attached hydrogens (tertiary/aromatic N) is 1. The molecular weight excluding hydrogens is 229 g/mol. The van der Waals surface area contributed by atoms with Gasteiger partial charge in [-0.05, 0) is 42.8 Å². The third-order valence-corrected chi connectivity index (χ3v) is 2.63. The van der Waals surface area contributed by atoms with Gasteiger partial charge < -0.3 is 11.1 Å². The number of hydrogen-bond donors (Lipinski definition) is 2. The summed E-state index contributed by atoms with van der Waals surface area (Å²) in [7, 11) is 0. The SMILES string of the molecule is Cc1ccc(N)cc1Nc1ccc(F)c(C#N)c1. The zero-order valence-corrected chi connectivity index (χ0v) is 9.87. The van der Waals surface area contributed by atoms with E-state index in [0.29, 0.717) is 11.4 Å². The van der Waals surface area contributed by atoms with E-state index in [1.54, 1.807) is 12.1 Å². The van der Waals surface area contributed by atoms with Crippen molar-refractivity contribution in [2.24, 2.45) is 0 Å². The molecule has 0 heterocycles. The lowest BCUT2D eigenvalue weighted by Gasteiger charge is -2.10. The van der Waals surface area contributed by atoms with Crippen LogP contribution < -0.4 is 11.1 Å². The van der Waals surface area contributed by atoms with Gasteiger partial charge >= 0.3 is 0 Å². The van der Waals surface area contributed by atoms with Crippen LogP contribution in [0.5, 0.6) is 0 Å². The molecule has 0 saturated heterocycles. The van der Waals surface area contributed by atoms with Crippen LogP contribution in [0.3, 0.4) is 0 Å². The first-order valence-corrected chi connectivity index (χ1v) is 5.43. The van der Waals surface area contributed by atoms with E-state index in [1.165, 1.54) is 12.1 Å². The van der Waals surface area contributed by atoms with Crippen LogP contribution in [0, 0.1) is 24.1 Å². The number of anilines is 3. The molecule has 3 nitrogen and oxygen atoms in total. The van der Waals surface area contributed by atoms with Crippen LogP contribution in [-0.4, -0.2) is 0 Å². The standard InChI is InChI=1S/C14H12FN3/c1-9-2-3-11(17)7-14(9)18-12-4-5-13(15)10(6-12)8-16/h2-7,18H,17H2,1H3. The Kier molecular flexibility index (Phi) is 3.16. The smallest absolute Gasteiger partial charge is 0.141 e. The Morgan fingerprint density at radius 2 is 2.00 bits per heavy atom. The summed E-state index contributed by atoms with van der Waals surface area (Å²) >= 11 is 0. The Morgan fingerprint density at radius 3 is 2.72 bits per heavy atom. The molecule has 2 rings (SSSR count). The molecule has 0 saturated carbocycles. The second kappa shape index (κ2) is 4.76. The van der Waals surface area contributed by atoms with Gasteiger partial charge in [0.15, 0.2) is 0 Å². The molecule has 18 heavy (non-hydrogen) atoms. The highest BCUT2D eigenvalue weighted by Gasteiger charge is 2.04. The van der Waals surface area contributed by atoms with E-state index < -0.39 is 5.82 Å². The summed E-state index contributed by atoms with van der Waals surface area (Å²) in [5.41, 5.74) is 8.88. The lowest BCUT2D eigenvalue weighted by molar-refractivity contribution is 0.624. The Bertz CT molecular complexity index is 629. The number of hydrogen-bond acceptors (Lipinski definition) is 3. The second-order valence-corrected chi connectivity index (χ2v) is 4.01. The van der Waals surface area contributed by atoms with E-state index in [0.717, 1.165) is 11.3 Å². The van der Waals surface area contributed by atoms with E-state index >= 15 is 0 Å². The predicted octanol–water partition coefficient (Wildman–Crippen LogP) is 3.33. The van der Waals surface area contributed by atoms with Crippen LogP contribution in [0.15, 0.2) is 36.4 Å². The van der Waals surface area contributed by atoms with Crippen LogP contribution >= 0.6 is 0 Å². The maximum Gasteiger partial charge on any atom is 0.141 e. The van der Waals surface area contributed by atoms with Crippen molar-refractivity contribution >= 4 is 17.1 Å². The zero-order chi connectivity index (χ0) is 13.1. The summed E-state index contributed by atoms with van der Waals surface area (Å²) in [4.78, 5) is 0. The maximum atomic E-state index is 13.2. The fraction of sp³-hybridized carbons (Fsp3) is 0.0714. The van der Waals surface area contributed by atoms with E-state index in [1.807, 2.05) is 25.1 Å². The van der Waals surface area contributed by atoms with Gasteiger partial charge in [0.2, 0.25) is 0 Å². The van der Waals surface area contributed by atoms with E-state index in [2.05, 4.69) is 5.32 Å². The average Bonchev–Trinajstić information content (AvgIpc) is 2.36. The van der Waals surface area contributed by atoms with Gasteiger partial charge in [-0.25, -0.2) is 4.39 Å². The van der Waals surface area contributed by atoms with Gasteiger partial charge in [-0.1, -0.05) is 6.07 Å². The summed E-state index contributed by atoms with van der Waals surface area (Å²) in [5, 5.41) is 11.9. The minimum atomic E-state index is -0.521. The van der Waals surface area contributed by atoms with Crippen LogP contribution in [0.2, 0.25) is 0 Å². The molecule has 0 atom stereocenters. The fourth-order valence-corrected chi connectivity index (χ4v) is 1.62. The number of benzene rings is 2. The summed E-state index contributed by atoms with van der Waals surface area (Å²) < 4.78 is 13.2. The molecule has 0 fully saturated rings. The Hall–Kier alpha value is -2.54. The van der Waals surface area contributed by atoms with Gasteiger partial charge in [-0.3, -0.25) is 0 Å². The van der Waals surface area contributed by atoms with Gasteiger partial charge in [0, 0.05) is 17.1 Å². The number of halogens is 1. The Morgan fingerprint density at radius 1 is 1.22 bits per heavy atom. The van der Waals surface area contributed by atoms with Gasteiger partial charge in [-0.2, -0.15) is 5.26 Å². The molecule has 0 aromatic heterocycles. The van der Waals surface area contributed by atoms with Crippen LogP contribution in [0.1, 0.15) is 11.1 Å². The van der Waals surface area contributed by atoms with Crippen LogP contribution in [0.4, 0.5) is 21.5 Å². The molecule has 0 spiro atoms. The molecule has 2 aromatic carbocycles. The quantitative estimate of drug-likeness (QED) is 0.793. The van der Waals surface area contributed by atoms with Crippen molar-refractivity contribution < 1.29 is 4.39 Å². The third-order valence-electron chi connectivity index (χ3n) is 2.63. The molecule has 0 amide bonds. The highest BCUT2D eigenvalue weighted by molar-refractivity contribution is 5.67. The van der Waals surface area contributed by atoms with Crippen LogP contribution in [-0.2, 0) is 0 Å². The molecule has 0 aliphatic heterocycles. The summed E-state index contributed by atoms with van der Waals surface area (Å²) in [6.07, 6.45) is 0. The van der Waals surface area contributed by atoms with Gasteiger partial charge in [0.05, 0.1) is 5.56 Å². The first-order valence-electron chi connectivity index (χ1n) is 5.43. The van der Waals surface area contributed by atoms with Gasteiger partial charge in [-0.15, -0.1) is 0 Å². The van der Waals surface area contributed by atoms with E-state index in [4.69, 9.17) is 11.0 Å². The normalized spacial score (nSPS) is 9.83. The highest BCUT2D eigenvalue weighted by atomic mass is 19.1. The molecular formula is C14H12FN3. The molecule has 0 aliphatic carbocycles. The second-order valence-electron chi connectivity index (χ2n) is 4.01. The molecule has 4 heteroatoms. The first-order chi connectivity index (χ1) is 8.60. The summed E-state index contributed by atoms with van der Waals surface area (Å²) in [5.74, 6) is -0.521. The summed E-state index contributed by atoms with van der Waals surface area (Å²) in [6.45, 7) is 1.94. The van der Waals surface area contributed by atoms with Crippen molar-refractivity contribution in [3.05, 3.63) is 53.3 Å². The molecule has 0 unspecified atom stereocenters. The maximum absolute atomic E-state index is 13.2. The van der Waals surface area contributed by atoms with Crippen molar-refractivity contribution in [2.75, 3.05) is 11.1 Å². The third kappa shape index (κ3) is 2.41. The van der Waals surface area contributed by atoms with E-state index in [-0.39, 0.29) is 5.56 Å². The molecule has 90 valence electrons. The number of nitriles is 1. The Labute approximate surface area is 105 Å². The number of nitrogens with two attached hydrogens (primary N) is 1. The van der Waals surface area contributed by atoms with Crippen molar-refractivity contribution in [2.45, 2.75) is 6.92 Å². The largest absolute Gasteiger partial charge is 0.399 e. The molecule has 0 bridgehead atoms. The summed E-state index contributed by atoms with van der Waals surface area (Å²) in [6, 6.07) is 11.6. The number of nitrogen functional groups attached to an aromatic ring is 1. The van der Waals surface area contributed by atoms with Crippen molar-refractivity contribution in [3.63, 3.8) is 0 Å². The molecule has 2 aromatic rings. The zero-order valence-electron chi connectivity index (χ0n) is 9.87. The van der Waals surface area contributed by atoms with Crippen molar-refractivity contribution in [1.29, 1.82) is 5.26 Å². The number of rotatable bonds is 2. The number of aryl methyl sites for hydroxylation is 1. The van der Waals surface area contributed by atoms with Crippen LogP contribution in [0.25, 0.3) is 0 Å². The van der Waals surface area contributed by atoms with Crippen molar-refractivity contribution in [3.8, 4) is 6.07 Å². The lowest BCUT2D eigenvalue weighted by atomic mass is 10.1. The fourth-order valence-electron chi connectivity index (χ4n) is 1.62. The lowest BCUT2D eigenvalue weighted by Crippen LogP contribution is -1.96. The topological polar surface area (TPSA) is 61.8 Å². The highest BCUT2D eigenvalue weighted by Crippen LogP contribution is 2.24. The molecule has 3 N–H and O–H groups in total. The van der Waals surface area contributed by atoms with E-state index in [9.17, 15) is 4.39 Å². The number of nitrogens with one attached hydrogen (secondary N) is 1. The minimum absolute atomic E-state index is 0.0153. The van der Waals surface area contributed by atoms with Crippen molar-refractivity contribution in [1.82, 2.24) is 0 Å². The Balaban J connectivity index is 2.34.